The molecular formula is C21H40IN5O. The summed E-state index contributed by atoms with van der Waals surface area (Å²) in [4.78, 5) is 11.5. The number of aliphatic imine (C=N–C) groups is 1. The summed E-state index contributed by atoms with van der Waals surface area (Å²) >= 11 is 0. The van der Waals surface area contributed by atoms with Crippen LogP contribution in [0.4, 0.5) is 0 Å². The minimum Gasteiger partial charge on any atom is -0.444 e. The van der Waals surface area contributed by atoms with Crippen molar-refractivity contribution in [3.8, 4) is 0 Å². The van der Waals surface area contributed by atoms with Gasteiger partial charge in [0, 0.05) is 12.6 Å². The van der Waals surface area contributed by atoms with E-state index in [0.29, 0.717) is 17.9 Å². The average Bonchev–Trinajstić information content (AvgIpc) is 2.91. The number of guanidine groups is 1. The molecule has 0 aliphatic carbocycles. The number of hydrogen-bond donors (Lipinski definition) is 2. The Hall–Kier alpha value is -0.830. The van der Waals surface area contributed by atoms with Crippen molar-refractivity contribution in [1.82, 2.24) is 15.2 Å². The van der Waals surface area contributed by atoms with Gasteiger partial charge in [-0.2, -0.15) is 0 Å². The lowest BCUT2D eigenvalue weighted by molar-refractivity contribution is 0.166. The number of nitrogens with two attached hydrogens (primary N) is 1. The van der Waals surface area contributed by atoms with Gasteiger partial charge in [-0.05, 0) is 65.0 Å². The van der Waals surface area contributed by atoms with Gasteiger partial charge in [0.2, 0.25) is 5.89 Å². The summed E-state index contributed by atoms with van der Waals surface area (Å²) in [7, 11) is 0. The van der Waals surface area contributed by atoms with Crippen molar-refractivity contribution in [3.05, 3.63) is 17.3 Å². The predicted octanol–water partition coefficient (Wildman–Crippen LogP) is 4.24. The maximum atomic E-state index is 6.08. The highest BCUT2D eigenvalue weighted by molar-refractivity contribution is 14.0. The lowest BCUT2D eigenvalue weighted by atomic mass is 9.97. The van der Waals surface area contributed by atoms with Crippen LogP contribution in [0.2, 0.25) is 0 Å². The summed E-state index contributed by atoms with van der Waals surface area (Å²) in [5.74, 6) is 3.74. The molecule has 162 valence electrons. The molecule has 1 saturated heterocycles. The molecule has 2 heterocycles. The van der Waals surface area contributed by atoms with Gasteiger partial charge in [0.25, 0.3) is 0 Å². The third kappa shape index (κ3) is 9.11. The summed E-state index contributed by atoms with van der Waals surface area (Å²) in [6.45, 7) is 14.5. The monoisotopic (exact) mass is 505 g/mol. The fraction of sp³-hybridized carbons (Fsp3) is 0.810. The van der Waals surface area contributed by atoms with Crippen molar-refractivity contribution in [2.75, 3.05) is 19.6 Å². The third-order valence-electron chi connectivity index (χ3n) is 5.47. The zero-order valence-electron chi connectivity index (χ0n) is 18.3. The molecule has 0 radical (unpaired) electrons. The maximum absolute atomic E-state index is 6.08. The molecule has 3 N–H and O–H groups in total. The molecule has 6 nitrogen and oxygen atoms in total. The van der Waals surface area contributed by atoms with Gasteiger partial charge in [0.05, 0.1) is 12.2 Å². The molecule has 7 heteroatoms. The van der Waals surface area contributed by atoms with E-state index in [2.05, 4.69) is 41.0 Å². The molecule has 1 unspecified atom stereocenters. The Morgan fingerprint density at radius 3 is 2.50 bits per heavy atom. The number of piperidine rings is 1. The van der Waals surface area contributed by atoms with Crippen LogP contribution in [0.15, 0.2) is 9.41 Å². The van der Waals surface area contributed by atoms with Crippen LogP contribution in [-0.2, 0) is 6.54 Å². The van der Waals surface area contributed by atoms with Crippen molar-refractivity contribution in [2.45, 2.75) is 79.3 Å². The molecule has 1 aliphatic heterocycles. The van der Waals surface area contributed by atoms with Gasteiger partial charge in [0.15, 0.2) is 5.96 Å². The van der Waals surface area contributed by atoms with Gasteiger partial charge >= 0.3 is 0 Å². The Morgan fingerprint density at radius 1 is 1.25 bits per heavy atom. The Morgan fingerprint density at radius 2 is 1.93 bits per heavy atom. The van der Waals surface area contributed by atoms with Crippen LogP contribution < -0.4 is 11.1 Å². The Labute approximate surface area is 188 Å². The largest absolute Gasteiger partial charge is 0.444 e. The van der Waals surface area contributed by atoms with Crippen LogP contribution in [0, 0.1) is 25.7 Å². The lowest BCUT2D eigenvalue weighted by Gasteiger charge is -2.30. The molecule has 0 spiro atoms. The zero-order valence-corrected chi connectivity index (χ0v) is 20.7. The van der Waals surface area contributed by atoms with E-state index in [0.717, 1.165) is 68.7 Å². The minimum atomic E-state index is 0. The fourth-order valence-electron chi connectivity index (χ4n) is 3.56. The number of nitrogens with zero attached hydrogens (tertiary/aromatic N) is 3. The van der Waals surface area contributed by atoms with E-state index in [1.54, 1.807) is 0 Å². The summed E-state index contributed by atoms with van der Waals surface area (Å²) < 4.78 is 5.70. The van der Waals surface area contributed by atoms with Gasteiger partial charge in [0.1, 0.15) is 5.76 Å². The van der Waals surface area contributed by atoms with Crippen LogP contribution in [0.1, 0.15) is 70.2 Å². The van der Waals surface area contributed by atoms with Gasteiger partial charge in [-0.25, -0.2) is 4.98 Å². The molecule has 0 amide bonds. The van der Waals surface area contributed by atoms with Crippen LogP contribution in [0.5, 0.6) is 0 Å². The third-order valence-corrected chi connectivity index (χ3v) is 5.47. The number of rotatable bonds is 9. The van der Waals surface area contributed by atoms with Crippen LogP contribution in [0.3, 0.4) is 0 Å². The molecule has 1 atom stereocenters. The molecule has 0 saturated carbocycles. The lowest BCUT2D eigenvalue weighted by Crippen LogP contribution is -2.39. The molecular weight excluding hydrogens is 465 g/mol. The molecule has 1 fully saturated rings. The highest BCUT2D eigenvalue weighted by Crippen LogP contribution is 2.20. The van der Waals surface area contributed by atoms with Crippen LogP contribution in [0.25, 0.3) is 0 Å². The molecule has 2 rings (SSSR count). The topological polar surface area (TPSA) is 79.7 Å². The summed E-state index contributed by atoms with van der Waals surface area (Å²) in [5.41, 5.74) is 7.07. The zero-order chi connectivity index (χ0) is 19.8. The predicted molar refractivity (Wildman–Crippen MR) is 127 cm³/mol. The number of oxazole rings is 1. The molecule has 1 aliphatic rings. The van der Waals surface area contributed by atoms with Gasteiger partial charge < -0.3 is 15.5 Å². The van der Waals surface area contributed by atoms with E-state index in [9.17, 15) is 0 Å². The van der Waals surface area contributed by atoms with Crippen LogP contribution >= 0.6 is 24.0 Å². The second-order valence-corrected chi connectivity index (χ2v) is 8.56. The molecule has 0 bridgehead atoms. The van der Waals surface area contributed by atoms with E-state index in [1.165, 1.54) is 12.8 Å². The SMILES string of the molecule is Cc1nc(CN2CCC(CN=C(N)NC(C)CCCC(C)C)CC2)oc1C.I. The highest BCUT2D eigenvalue weighted by Gasteiger charge is 2.20. The number of hydrogen-bond acceptors (Lipinski definition) is 4. The second-order valence-electron chi connectivity index (χ2n) is 8.56. The normalized spacial score (nSPS) is 17.6. The van der Waals surface area contributed by atoms with E-state index < -0.39 is 0 Å². The van der Waals surface area contributed by atoms with Crippen molar-refractivity contribution < 1.29 is 4.42 Å². The first-order chi connectivity index (χ1) is 12.8. The minimum absolute atomic E-state index is 0. The summed E-state index contributed by atoms with van der Waals surface area (Å²) in [6.07, 6.45) is 5.96. The van der Waals surface area contributed by atoms with E-state index in [-0.39, 0.29) is 24.0 Å². The van der Waals surface area contributed by atoms with Crippen molar-refractivity contribution in [3.63, 3.8) is 0 Å². The number of likely N-dealkylation sites (tertiary alicyclic amines) is 1. The number of aromatic nitrogens is 1. The van der Waals surface area contributed by atoms with E-state index in [1.807, 2.05) is 13.8 Å². The Kier molecular flexibility index (Phi) is 11.4. The van der Waals surface area contributed by atoms with E-state index >= 15 is 0 Å². The molecule has 1 aromatic rings. The Bertz CT molecular complexity index is 574. The van der Waals surface area contributed by atoms with Gasteiger partial charge in [-0.15, -0.1) is 24.0 Å². The molecule has 0 aromatic carbocycles. The van der Waals surface area contributed by atoms with Crippen molar-refractivity contribution in [2.24, 2.45) is 22.6 Å². The molecule has 1 aromatic heterocycles. The first-order valence-corrected chi connectivity index (χ1v) is 10.5. The quantitative estimate of drug-likeness (QED) is 0.298. The maximum Gasteiger partial charge on any atom is 0.208 e. The fourth-order valence-corrected chi connectivity index (χ4v) is 3.56. The Balaban J connectivity index is 0.00000392. The number of nitrogens with one attached hydrogen (secondary N) is 1. The first-order valence-electron chi connectivity index (χ1n) is 10.5. The van der Waals surface area contributed by atoms with Gasteiger partial charge in [-0.3, -0.25) is 9.89 Å². The standard InChI is InChI=1S/C21H39N5O.HI/c1-15(2)7-6-8-16(3)24-21(22)23-13-19-9-11-26(12-10-19)14-20-25-17(4)18(5)27-20;/h15-16,19H,6-14H2,1-5H3,(H3,22,23,24);1H. The highest BCUT2D eigenvalue weighted by atomic mass is 127. The van der Waals surface area contributed by atoms with Crippen molar-refractivity contribution >= 4 is 29.9 Å². The van der Waals surface area contributed by atoms with Gasteiger partial charge in [-0.1, -0.05) is 26.7 Å². The summed E-state index contributed by atoms with van der Waals surface area (Å²) in [6, 6.07) is 0.391. The molecule has 28 heavy (non-hydrogen) atoms. The van der Waals surface area contributed by atoms with Crippen LogP contribution in [-0.4, -0.2) is 41.5 Å². The van der Waals surface area contributed by atoms with E-state index in [4.69, 9.17) is 10.2 Å². The number of aryl methyl sites for hydroxylation is 2. The smallest absolute Gasteiger partial charge is 0.208 e. The van der Waals surface area contributed by atoms with Crippen molar-refractivity contribution in [1.29, 1.82) is 0 Å². The first kappa shape index (κ1) is 25.2. The number of halogens is 1. The second kappa shape index (κ2) is 12.7. The summed E-state index contributed by atoms with van der Waals surface area (Å²) in [5, 5.41) is 3.34. The average molecular weight is 505 g/mol.